The van der Waals surface area contributed by atoms with Gasteiger partial charge in [0, 0.05) is 6.04 Å². The first kappa shape index (κ1) is 12.4. The molecule has 78 valence electrons. The van der Waals surface area contributed by atoms with Crippen molar-refractivity contribution >= 4 is 5.97 Å². The van der Waals surface area contributed by atoms with Crippen molar-refractivity contribution in [2.75, 3.05) is 7.05 Å². The van der Waals surface area contributed by atoms with Gasteiger partial charge in [-0.25, -0.2) is 0 Å². The summed E-state index contributed by atoms with van der Waals surface area (Å²) in [5, 5.41) is 9.00. The van der Waals surface area contributed by atoms with Crippen LogP contribution in [0.1, 0.15) is 34.1 Å². The molecule has 0 amide bonds. The Morgan fingerprint density at radius 1 is 1.31 bits per heavy atom. The summed E-state index contributed by atoms with van der Waals surface area (Å²) in [7, 11) is 1.87. The highest BCUT2D eigenvalue weighted by Gasteiger charge is 2.24. The number of carboxylic acids is 1. The Morgan fingerprint density at radius 3 is 2.00 bits per heavy atom. The van der Waals surface area contributed by atoms with Gasteiger partial charge in [-0.15, -0.1) is 0 Å². The first-order chi connectivity index (χ1) is 5.86. The molecule has 0 aliphatic heterocycles. The molecular formula is C10H21NO2. The lowest BCUT2D eigenvalue weighted by Crippen LogP contribution is -2.43. The largest absolute Gasteiger partial charge is 0.480 e. The first-order valence-corrected chi connectivity index (χ1v) is 4.81. The number of nitrogens with zero attached hydrogens (tertiary/aromatic N) is 1. The second-order valence-corrected chi connectivity index (χ2v) is 4.24. The van der Waals surface area contributed by atoms with Gasteiger partial charge in [0.05, 0.1) is 0 Å². The zero-order valence-electron chi connectivity index (χ0n) is 9.24. The average Bonchev–Trinajstić information content (AvgIpc) is 1.97. The van der Waals surface area contributed by atoms with Crippen LogP contribution in [0, 0.1) is 5.92 Å². The van der Waals surface area contributed by atoms with E-state index < -0.39 is 5.97 Å². The van der Waals surface area contributed by atoms with Gasteiger partial charge in [0.1, 0.15) is 6.04 Å². The molecular weight excluding hydrogens is 166 g/mol. The Bertz CT molecular complexity index is 166. The van der Waals surface area contributed by atoms with Gasteiger partial charge in [-0.05, 0) is 33.2 Å². The SMILES string of the molecule is CC(C)C[C@H](C(=O)O)N(C)C(C)C. The number of hydrogen-bond acceptors (Lipinski definition) is 2. The van der Waals surface area contributed by atoms with Crippen molar-refractivity contribution in [3.8, 4) is 0 Å². The molecule has 0 saturated carbocycles. The van der Waals surface area contributed by atoms with E-state index in [0.717, 1.165) is 0 Å². The van der Waals surface area contributed by atoms with Crippen LogP contribution in [0.5, 0.6) is 0 Å². The van der Waals surface area contributed by atoms with Gasteiger partial charge in [-0.2, -0.15) is 0 Å². The van der Waals surface area contributed by atoms with Crippen molar-refractivity contribution < 1.29 is 9.90 Å². The third kappa shape index (κ3) is 4.27. The average molecular weight is 187 g/mol. The monoisotopic (exact) mass is 187 g/mol. The normalized spacial score (nSPS) is 14.2. The number of carbonyl (C=O) groups is 1. The molecule has 0 aromatic rings. The van der Waals surface area contributed by atoms with Crippen LogP contribution < -0.4 is 0 Å². The number of rotatable bonds is 5. The van der Waals surface area contributed by atoms with Gasteiger partial charge >= 0.3 is 5.97 Å². The number of aliphatic carboxylic acids is 1. The van der Waals surface area contributed by atoms with Crippen LogP contribution in [0.25, 0.3) is 0 Å². The minimum atomic E-state index is -0.718. The van der Waals surface area contributed by atoms with E-state index in [9.17, 15) is 4.79 Å². The fraction of sp³-hybridized carbons (Fsp3) is 0.900. The van der Waals surface area contributed by atoms with Crippen LogP contribution >= 0.6 is 0 Å². The molecule has 0 aliphatic carbocycles. The van der Waals surface area contributed by atoms with Crippen LogP contribution in [0.15, 0.2) is 0 Å². The molecule has 0 aromatic carbocycles. The molecule has 0 fully saturated rings. The van der Waals surface area contributed by atoms with Crippen molar-refractivity contribution in [2.45, 2.75) is 46.2 Å². The third-order valence-electron chi connectivity index (χ3n) is 2.29. The van der Waals surface area contributed by atoms with Crippen molar-refractivity contribution in [1.29, 1.82) is 0 Å². The van der Waals surface area contributed by atoms with Crippen molar-refractivity contribution in [2.24, 2.45) is 5.92 Å². The maximum absolute atomic E-state index is 10.9. The lowest BCUT2D eigenvalue weighted by atomic mass is 10.0. The van der Waals surface area contributed by atoms with Crippen molar-refractivity contribution in [3.63, 3.8) is 0 Å². The van der Waals surface area contributed by atoms with E-state index in [1.807, 2.05) is 39.6 Å². The Morgan fingerprint density at radius 2 is 1.77 bits per heavy atom. The maximum atomic E-state index is 10.9. The first-order valence-electron chi connectivity index (χ1n) is 4.81. The van der Waals surface area contributed by atoms with E-state index in [2.05, 4.69) is 0 Å². The van der Waals surface area contributed by atoms with Gasteiger partial charge in [0.2, 0.25) is 0 Å². The molecule has 0 spiro atoms. The van der Waals surface area contributed by atoms with Gasteiger partial charge in [-0.1, -0.05) is 13.8 Å². The summed E-state index contributed by atoms with van der Waals surface area (Å²) in [5.74, 6) is -0.299. The Labute approximate surface area is 80.7 Å². The maximum Gasteiger partial charge on any atom is 0.320 e. The molecule has 0 bridgehead atoms. The summed E-state index contributed by atoms with van der Waals surface area (Å²) < 4.78 is 0. The predicted molar refractivity (Wildman–Crippen MR) is 53.8 cm³/mol. The smallest absolute Gasteiger partial charge is 0.320 e. The van der Waals surface area contributed by atoms with Gasteiger partial charge in [0.25, 0.3) is 0 Å². The summed E-state index contributed by atoms with van der Waals surface area (Å²) in [5.41, 5.74) is 0. The topological polar surface area (TPSA) is 40.5 Å². The van der Waals surface area contributed by atoms with E-state index in [1.54, 1.807) is 0 Å². The molecule has 0 saturated heterocycles. The van der Waals surface area contributed by atoms with E-state index in [-0.39, 0.29) is 12.1 Å². The number of carboxylic acid groups (broad SMARTS) is 1. The second kappa shape index (κ2) is 5.22. The zero-order chi connectivity index (χ0) is 10.6. The fourth-order valence-electron chi connectivity index (χ4n) is 1.25. The Kier molecular flexibility index (Phi) is 4.99. The molecule has 3 nitrogen and oxygen atoms in total. The van der Waals surface area contributed by atoms with Crippen molar-refractivity contribution in [3.05, 3.63) is 0 Å². The summed E-state index contributed by atoms with van der Waals surface area (Å²) in [6, 6.07) is -0.0696. The lowest BCUT2D eigenvalue weighted by Gasteiger charge is -2.29. The van der Waals surface area contributed by atoms with E-state index >= 15 is 0 Å². The van der Waals surface area contributed by atoms with Gasteiger partial charge in [0.15, 0.2) is 0 Å². The number of hydrogen-bond donors (Lipinski definition) is 1. The third-order valence-corrected chi connectivity index (χ3v) is 2.29. The summed E-state index contributed by atoms with van der Waals surface area (Å²) in [4.78, 5) is 12.8. The van der Waals surface area contributed by atoms with E-state index in [4.69, 9.17) is 5.11 Å². The van der Waals surface area contributed by atoms with Crippen LogP contribution in [0.2, 0.25) is 0 Å². The standard InChI is InChI=1S/C10H21NO2/c1-7(2)6-9(10(12)13)11(5)8(3)4/h7-9H,6H2,1-5H3,(H,12,13)/t9-/m1/s1. The molecule has 0 heterocycles. The highest BCUT2D eigenvalue weighted by atomic mass is 16.4. The van der Waals surface area contributed by atoms with E-state index in [1.165, 1.54) is 0 Å². The molecule has 0 unspecified atom stereocenters. The lowest BCUT2D eigenvalue weighted by molar-refractivity contribution is -0.144. The van der Waals surface area contributed by atoms with Crippen LogP contribution in [0.3, 0.4) is 0 Å². The summed E-state index contributed by atoms with van der Waals surface area (Å²) in [6.07, 6.45) is 0.712. The van der Waals surface area contributed by atoms with Crippen LogP contribution in [-0.4, -0.2) is 35.1 Å². The molecule has 0 rings (SSSR count). The summed E-state index contributed by atoms with van der Waals surface area (Å²) >= 11 is 0. The fourth-order valence-corrected chi connectivity index (χ4v) is 1.25. The molecule has 3 heteroatoms. The zero-order valence-corrected chi connectivity index (χ0v) is 9.24. The van der Waals surface area contributed by atoms with Crippen molar-refractivity contribution in [1.82, 2.24) is 4.90 Å². The Hall–Kier alpha value is -0.570. The molecule has 0 aliphatic rings. The minimum absolute atomic E-state index is 0.278. The molecule has 1 atom stereocenters. The minimum Gasteiger partial charge on any atom is -0.480 e. The predicted octanol–water partition coefficient (Wildman–Crippen LogP) is 1.83. The van der Waals surface area contributed by atoms with Crippen LogP contribution in [-0.2, 0) is 4.79 Å². The summed E-state index contributed by atoms with van der Waals surface area (Å²) in [6.45, 7) is 8.11. The Balaban J connectivity index is 4.33. The van der Waals surface area contributed by atoms with E-state index in [0.29, 0.717) is 12.3 Å². The highest BCUT2D eigenvalue weighted by Crippen LogP contribution is 2.12. The number of likely N-dealkylation sites (N-methyl/N-ethyl adjacent to an activating group) is 1. The quantitative estimate of drug-likeness (QED) is 0.713. The molecule has 0 radical (unpaired) electrons. The highest BCUT2D eigenvalue weighted by molar-refractivity contribution is 5.73. The second-order valence-electron chi connectivity index (χ2n) is 4.24. The van der Waals surface area contributed by atoms with Gasteiger partial charge < -0.3 is 5.11 Å². The molecule has 0 aromatic heterocycles. The molecule has 13 heavy (non-hydrogen) atoms. The van der Waals surface area contributed by atoms with Gasteiger partial charge in [-0.3, -0.25) is 9.69 Å². The molecule has 1 N–H and O–H groups in total. The van der Waals surface area contributed by atoms with Crippen LogP contribution in [0.4, 0.5) is 0 Å².